The predicted molar refractivity (Wildman–Crippen MR) is 80.4 cm³/mol. The second-order valence-electron chi connectivity index (χ2n) is 5.32. The summed E-state index contributed by atoms with van der Waals surface area (Å²) in [7, 11) is 1.52. The fourth-order valence-electron chi connectivity index (χ4n) is 2.69. The number of hydrogen-bond acceptors (Lipinski definition) is 4. The molecule has 1 amide bonds. The normalized spacial score (nSPS) is 20.5. The van der Waals surface area contributed by atoms with E-state index in [1.807, 2.05) is 6.92 Å². The van der Waals surface area contributed by atoms with Crippen LogP contribution in [0.4, 0.5) is 0 Å². The molecule has 0 bridgehead atoms. The Morgan fingerprint density at radius 2 is 2.09 bits per heavy atom. The highest BCUT2D eigenvalue weighted by molar-refractivity contribution is 5.95. The number of rotatable bonds is 6. The van der Waals surface area contributed by atoms with Crippen LogP contribution in [0.15, 0.2) is 18.2 Å². The van der Waals surface area contributed by atoms with Gasteiger partial charge in [-0.25, -0.2) is 0 Å². The lowest BCUT2D eigenvalue weighted by Crippen LogP contribution is -2.33. The molecule has 2 N–H and O–H groups in total. The summed E-state index contributed by atoms with van der Waals surface area (Å²) in [5.74, 6) is -0.283. The minimum absolute atomic E-state index is 0.0915. The molecule has 0 unspecified atom stereocenters. The van der Waals surface area contributed by atoms with Crippen molar-refractivity contribution in [3.8, 4) is 11.5 Å². The van der Waals surface area contributed by atoms with E-state index in [9.17, 15) is 9.59 Å². The first-order chi connectivity index (χ1) is 10.5. The highest BCUT2D eigenvalue weighted by atomic mass is 16.5. The average molecular weight is 307 g/mol. The van der Waals surface area contributed by atoms with Gasteiger partial charge in [0.1, 0.15) is 0 Å². The van der Waals surface area contributed by atoms with Gasteiger partial charge in [-0.05, 0) is 44.4 Å². The number of hydrogen-bond donors (Lipinski definition) is 2. The van der Waals surface area contributed by atoms with Crippen molar-refractivity contribution in [1.29, 1.82) is 0 Å². The van der Waals surface area contributed by atoms with Crippen LogP contribution in [-0.4, -0.2) is 36.7 Å². The number of ether oxygens (including phenoxy) is 2. The van der Waals surface area contributed by atoms with Gasteiger partial charge in [0.2, 0.25) is 0 Å². The molecule has 1 aliphatic rings. The smallest absolute Gasteiger partial charge is 0.306 e. The Balaban J connectivity index is 2.02. The molecule has 0 spiro atoms. The molecule has 0 radical (unpaired) electrons. The molecular weight excluding hydrogens is 286 g/mol. The zero-order valence-electron chi connectivity index (χ0n) is 12.8. The maximum atomic E-state index is 12.3. The standard InChI is InChI=1S/C16H21NO5/c1-3-22-13-7-5-10(9-14(13)21-2)15(18)17-12-6-4-11(8-12)16(19)20/h5,7,9,11-12H,3-4,6,8H2,1-2H3,(H,17,18)(H,19,20)/t11-,12+/m1/s1. The predicted octanol–water partition coefficient (Wildman–Crippen LogP) is 2.08. The number of carbonyl (C=O) groups excluding carboxylic acids is 1. The van der Waals surface area contributed by atoms with Crippen molar-refractivity contribution in [3.05, 3.63) is 23.8 Å². The van der Waals surface area contributed by atoms with Gasteiger partial charge in [-0.15, -0.1) is 0 Å². The molecule has 120 valence electrons. The number of methoxy groups -OCH3 is 1. The Kier molecular flexibility index (Phi) is 5.25. The Bertz CT molecular complexity index is 557. The van der Waals surface area contributed by atoms with Gasteiger partial charge in [0, 0.05) is 11.6 Å². The number of nitrogens with one attached hydrogen (secondary N) is 1. The number of carboxylic acids is 1. The summed E-state index contributed by atoms with van der Waals surface area (Å²) in [5.41, 5.74) is 0.471. The Hall–Kier alpha value is -2.24. The van der Waals surface area contributed by atoms with Crippen LogP contribution in [0, 0.1) is 5.92 Å². The summed E-state index contributed by atoms with van der Waals surface area (Å²) in [6.07, 6.45) is 1.78. The molecule has 0 aromatic heterocycles. The maximum absolute atomic E-state index is 12.3. The topological polar surface area (TPSA) is 84.9 Å². The first-order valence-electron chi connectivity index (χ1n) is 7.39. The summed E-state index contributed by atoms with van der Waals surface area (Å²) >= 11 is 0. The van der Waals surface area contributed by atoms with Crippen LogP contribution in [-0.2, 0) is 4.79 Å². The van der Waals surface area contributed by atoms with E-state index in [1.54, 1.807) is 18.2 Å². The van der Waals surface area contributed by atoms with Gasteiger partial charge in [-0.2, -0.15) is 0 Å². The van der Waals surface area contributed by atoms with Crippen molar-refractivity contribution in [2.45, 2.75) is 32.2 Å². The molecule has 2 rings (SSSR count). The summed E-state index contributed by atoms with van der Waals surface area (Å²) in [4.78, 5) is 23.2. The van der Waals surface area contributed by atoms with Gasteiger partial charge in [-0.1, -0.05) is 0 Å². The number of benzene rings is 1. The molecule has 0 aliphatic heterocycles. The molecule has 1 fully saturated rings. The second-order valence-corrected chi connectivity index (χ2v) is 5.32. The molecule has 0 saturated heterocycles. The van der Waals surface area contributed by atoms with E-state index < -0.39 is 5.97 Å². The first-order valence-corrected chi connectivity index (χ1v) is 7.39. The lowest BCUT2D eigenvalue weighted by molar-refractivity contribution is -0.141. The fourth-order valence-corrected chi connectivity index (χ4v) is 2.69. The highest BCUT2D eigenvalue weighted by Crippen LogP contribution is 2.29. The van der Waals surface area contributed by atoms with Crippen LogP contribution in [0.3, 0.4) is 0 Å². The Labute approximate surface area is 129 Å². The average Bonchev–Trinajstić information content (AvgIpc) is 2.96. The molecule has 1 aromatic carbocycles. The summed E-state index contributed by atoms with van der Waals surface area (Å²) < 4.78 is 10.6. The molecule has 22 heavy (non-hydrogen) atoms. The molecule has 6 heteroatoms. The van der Waals surface area contributed by atoms with E-state index in [4.69, 9.17) is 14.6 Å². The molecule has 1 saturated carbocycles. The first kappa shape index (κ1) is 16.1. The third kappa shape index (κ3) is 3.69. The van der Waals surface area contributed by atoms with Crippen molar-refractivity contribution < 1.29 is 24.2 Å². The number of carbonyl (C=O) groups is 2. The van der Waals surface area contributed by atoms with E-state index in [0.717, 1.165) is 0 Å². The van der Waals surface area contributed by atoms with Crippen molar-refractivity contribution in [2.24, 2.45) is 5.92 Å². The monoisotopic (exact) mass is 307 g/mol. The minimum Gasteiger partial charge on any atom is -0.493 e. The van der Waals surface area contributed by atoms with Crippen molar-refractivity contribution in [3.63, 3.8) is 0 Å². The van der Waals surface area contributed by atoms with Crippen LogP contribution < -0.4 is 14.8 Å². The molecule has 1 aliphatic carbocycles. The van der Waals surface area contributed by atoms with Crippen LogP contribution in [0.1, 0.15) is 36.5 Å². The molecule has 0 heterocycles. The van der Waals surface area contributed by atoms with Crippen molar-refractivity contribution in [1.82, 2.24) is 5.32 Å². The maximum Gasteiger partial charge on any atom is 0.306 e. The fraction of sp³-hybridized carbons (Fsp3) is 0.500. The Morgan fingerprint density at radius 1 is 1.32 bits per heavy atom. The third-order valence-corrected chi connectivity index (χ3v) is 3.84. The second kappa shape index (κ2) is 7.15. The van der Waals surface area contributed by atoms with E-state index in [1.165, 1.54) is 7.11 Å². The van der Waals surface area contributed by atoms with Gasteiger partial charge in [0.15, 0.2) is 11.5 Å². The number of carboxylic acid groups (broad SMARTS) is 1. The van der Waals surface area contributed by atoms with Gasteiger partial charge in [-0.3, -0.25) is 9.59 Å². The molecular formula is C16H21NO5. The van der Waals surface area contributed by atoms with Gasteiger partial charge < -0.3 is 19.9 Å². The zero-order valence-corrected chi connectivity index (χ0v) is 12.8. The number of amides is 1. The van der Waals surface area contributed by atoms with E-state index in [-0.39, 0.29) is 17.9 Å². The van der Waals surface area contributed by atoms with Crippen molar-refractivity contribution in [2.75, 3.05) is 13.7 Å². The molecule has 2 atom stereocenters. The zero-order chi connectivity index (χ0) is 16.1. The summed E-state index contributed by atoms with van der Waals surface area (Å²) in [5, 5.41) is 11.9. The Morgan fingerprint density at radius 3 is 2.68 bits per heavy atom. The van der Waals surface area contributed by atoms with Crippen molar-refractivity contribution >= 4 is 11.9 Å². The van der Waals surface area contributed by atoms with E-state index in [0.29, 0.717) is 42.9 Å². The molecule has 6 nitrogen and oxygen atoms in total. The number of aliphatic carboxylic acids is 1. The van der Waals surface area contributed by atoms with Gasteiger partial charge in [0.05, 0.1) is 19.6 Å². The van der Waals surface area contributed by atoms with Gasteiger partial charge in [0.25, 0.3) is 5.91 Å². The van der Waals surface area contributed by atoms with Crippen LogP contribution in [0.2, 0.25) is 0 Å². The van der Waals surface area contributed by atoms with Crippen LogP contribution in [0.25, 0.3) is 0 Å². The van der Waals surface area contributed by atoms with Gasteiger partial charge >= 0.3 is 5.97 Å². The van der Waals surface area contributed by atoms with E-state index in [2.05, 4.69) is 5.32 Å². The lowest BCUT2D eigenvalue weighted by atomic mass is 10.1. The quantitative estimate of drug-likeness (QED) is 0.840. The third-order valence-electron chi connectivity index (χ3n) is 3.84. The van der Waals surface area contributed by atoms with Crippen LogP contribution >= 0.6 is 0 Å². The molecule has 1 aromatic rings. The largest absolute Gasteiger partial charge is 0.493 e. The minimum atomic E-state index is -0.792. The lowest BCUT2D eigenvalue weighted by Gasteiger charge is -2.14. The summed E-state index contributed by atoms with van der Waals surface area (Å²) in [6, 6.07) is 4.91. The summed E-state index contributed by atoms with van der Waals surface area (Å²) in [6.45, 7) is 2.39. The van der Waals surface area contributed by atoms with E-state index >= 15 is 0 Å². The highest BCUT2D eigenvalue weighted by Gasteiger charge is 2.30. The SMILES string of the molecule is CCOc1ccc(C(=O)N[C@H]2CC[C@@H](C(=O)O)C2)cc1OC. The van der Waals surface area contributed by atoms with Crippen LogP contribution in [0.5, 0.6) is 11.5 Å².